The van der Waals surface area contributed by atoms with Crippen molar-refractivity contribution in [1.82, 2.24) is 16.0 Å². The maximum absolute atomic E-state index is 12.4. The first kappa shape index (κ1) is 25.4. The molecule has 0 saturated heterocycles. The van der Waals surface area contributed by atoms with Gasteiger partial charge in [0.05, 0.1) is 6.42 Å². The van der Waals surface area contributed by atoms with Gasteiger partial charge in [-0.25, -0.2) is 9.59 Å². The van der Waals surface area contributed by atoms with E-state index in [-0.39, 0.29) is 6.61 Å². The van der Waals surface area contributed by atoms with Crippen LogP contribution in [0.4, 0.5) is 4.79 Å². The number of aliphatic carboxylic acids is 2. The average molecular weight is 437 g/mol. The highest BCUT2D eigenvalue weighted by molar-refractivity contribution is 5.94. The summed E-state index contributed by atoms with van der Waals surface area (Å²) in [5.74, 6) is -4.94. The molecule has 3 amide bonds. The smallest absolute Gasteiger partial charge is 0.408 e. The number of ether oxygens (including phenoxy) is 1. The second-order valence-corrected chi connectivity index (χ2v) is 7.16. The highest BCUT2D eigenvalue weighted by atomic mass is 16.5. The van der Waals surface area contributed by atoms with Crippen molar-refractivity contribution in [2.24, 2.45) is 5.92 Å². The van der Waals surface area contributed by atoms with Gasteiger partial charge in [0.1, 0.15) is 24.7 Å². The summed E-state index contributed by atoms with van der Waals surface area (Å²) < 4.78 is 5.00. The van der Waals surface area contributed by atoms with Gasteiger partial charge in [0, 0.05) is 0 Å². The van der Waals surface area contributed by atoms with Crippen LogP contribution in [-0.2, 0) is 30.5 Å². The van der Waals surface area contributed by atoms with Gasteiger partial charge in [0.25, 0.3) is 0 Å². The number of hydrogen-bond donors (Lipinski definition) is 5. The number of nitrogens with one attached hydrogen (secondary N) is 3. The lowest BCUT2D eigenvalue weighted by Crippen LogP contribution is -2.56. The summed E-state index contributed by atoms with van der Waals surface area (Å²) >= 11 is 0. The Morgan fingerprint density at radius 3 is 2.03 bits per heavy atom. The molecule has 1 rings (SSSR count). The second kappa shape index (κ2) is 12.2. The second-order valence-electron chi connectivity index (χ2n) is 7.16. The minimum absolute atomic E-state index is 0.0170. The van der Waals surface area contributed by atoms with Gasteiger partial charge in [-0.2, -0.15) is 0 Å². The average Bonchev–Trinajstić information content (AvgIpc) is 2.69. The van der Waals surface area contributed by atoms with E-state index in [1.807, 2.05) is 0 Å². The Labute approximate surface area is 179 Å². The Balaban J connectivity index is 2.68. The van der Waals surface area contributed by atoms with Gasteiger partial charge in [0.2, 0.25) is 11.8 Å². The first-order chi connectivity index (χ1) is 14.5. The molecular weight excluding hydrogens is 410 g/mol. The monoisotopic (exact) mass is 437 g/mol. The predicted molar refractivity (Wildman–Crippen MR) is 108 cm³/mol. The number of amides is 3. The van der Waals surface area contributed by atoms with Crippen LogP contribution in [0.3, 0.4) is 0 Å². The third kappa shape index (κ3) is 9.15. The Hall–Kier alpha value is -3.63. The molecular formula is C20H27N3O8. The van der Waals surface area contributed by atoms with Crippen LogP contribution in [0.1, 0.15) is 32.8 Å². The van der Waals surface area contributed by atoms with E-state index >= 15 is 0 Å². The number of carboxylic acids is 2. The minimum Gasteiger partial charge on any atom is -0.481 e. The zero-order chi connectivity index (χ0) is 23.6. The minimum atomic E-state index is -1.53. The maximum Gasteiger partial charge on any atom is 0.408 e. The van der Waals surface area contributed by atoms with Gasteiger partial charge in [-0.3, -0.25) is 14.4 Å². The molecule has 0 aliphatic heterocycles. The molecule has 0 bridgehead atoms. The molecule has 1 aromatic carbocycles. The molecule has 170 valence electrons. The number of benzene rings is 1. The van der Waals surface area contributed by atoms with Crippen molar-refractivity contribution in [2.45, 2.75) is 51.9 Å². The van der Waals surface area contributed by atoms with Crippen LogP contribution in [0.15, 0.2) is 30.3 Å². The molecule has 0 spiro atoms. The zero-order valence-electron chi connectivity index (χ0n) is 17.5. The lowest BCUT2D eigenvalue weighted by atomic mass is 10.0. The van der Waals surface area contributed by atoms with Crippen LogP contribution in [0.5, 0.6) is 0 Å². The van der Waals surface area contributed by atoms with E-state index in [2.05, 4.69) is 16.0 Å². The topological polar surface area (TPSA) is 171 Å². The van der Waals surface area contributed by atoms with E-state index in [0.29, 0.717) is 0 Å². The summed E-state index contributed by atoms with van der Waals surface area (Å²) in [6, 6.07) is 4.91. The molecule has 0 saturated carbocycles. The zero-order valence-corrected chi connectivity index (χ0v) is 17.5. The largest absolute Gasteiger partial charge is 0.481 e. The van der Waals surface area contributed by atoms with E-state index in [4.69, 9.17) is 9.84 Å². The number of alkyl carbamates (subject to hydrolysis) is 1. The number of carboxylic acid groups (broad SMARTS) is 2. The van der Waals surface area contributed by atoms with E-state index < -0.39 is 60.3 Å². The highest BCUT2D eigenvalue weighted by Gasteiger charge is 2.31. The Bertz CT molecular complexity index is 797. The Morgan fingerprint density at radius 1 is 0.903 bits per heavy atom. The Kier molecular flexibility index (Phi) is 9.96. The standard InChI is InChI=1S/C20H27N3O8/c1-11(2)16(19(28)29)23-18(27)14(9-15(24)25)22-17(26)12(3)21-20(30)31-10-13-7-5-4-6-8-13/h4-8,11-12,14,16H,9-10H2,1-3H3,(H,21,30)(H,22,26)(H,23,27)(H,24,25)(H,28,29)/t12-,14-,16-/m0/s1. The lowest BCUT2D eigenvalue weighted by Gasteiger charge is -2.23. The number of carbonyl (C=O) groups is 5. The fraction of sp³-hybridized carbons (Fsp3) is 0.450. The molecule has 3 atom stereocenters. The summed E-state index contributed by atoms with van der Waals surface area (Å²) in [6.45, 7) is 4.44. The van der Waals surface area contributed by atoms with E-state index in [0.717, 1.165) is 5.56 Å². The molecule has 1 aromatic rings. The van der Waals surface area contributed by atoms with Gasteiger partial charge in [-0.05, 0) is 18.4 Å². The van der Waals surface area contributed by atoms with Crippen LogP contribution in [-0.4, -0.2) is 58.2 Å². The van der Waals surface area contributed by atoms with Crippen LogP contribution in [0.2, 0.25) is 0 Å². The van der Waals surface area contributed by atoms with Crippen molar-refractivity contribution >= 4 is 29.8 Å². The fourth-order valence-corrected chi connectivity index (χ4v) is 2.46. The molecule has 31 heavy (non-hydrogen) atoms. The van der Waals surface area contributed by atoms with Crippen molar-refractivity contribution in [3.05, 3.63) is 35.9 Å². The summed E-state index contributed by atoms with van der Waals surface area (Å²) in [6.07, 6.45) is -1.65. The quantitative estimate of drug-likeness (QED) is 0.333. The SMILES string of the molecule is CC(C)[C@H](NC(=O)[C@H](CC(=O)O)NC(=O)[C@H](C)NC(=O)OCc1ccccc1)C(=O)O. The third-order valence-electron chi connectivity index (χ3n) is 4.18. The summed E-state index contributed by atoms with van der Waals surface area (Å²) in [5.41, 5.74) is 0.742. The van der Waals surface area contributed by atoms with Crippen LogP contribution in [0.25, 0.3) is 0 Å². The third-order valence-corrected chi connectivity index (χ3v) is 4.18. The molecule has 11 nitrogen and oxygen atoms in total. The molecule has 5 N–H and O–H groups in total. The van der Waals surface area contributed by atoms with Crippen LogP contribution in [0, 0.1) is 5.92 Å². The molecule has 11 heteroatoms. The molecule has 0 fully saturated rings. The van der Waals surface area contributed by atoms with Gasteiger partial charge in [-0.15, -0.1) is 0 Å². The maximum atomic E-state index is 12.4. The van der Waals surface area contributed by atoms with E-state index in [1.54, 1.807) is 44.2 Å². The Morgan fingerprint density at radius 2 is 1.52 bits per heavy atom. The van der Waals surface area contributed by atoms with Crippen molar-refractivity contribution < 1.29 is 38.9 Å². The first-order valence-electron chi connectivity index (χ1n) is 9.53. The molecule has 0 radical (unpaired) electrons. The van der Waals surface area contributed by atoms with Crippen molar-refractivity contribution in [3.8, 4) is 0 Å². The summed E-state index contributed by atoms with van der Waals surface area (Å²) in [7, 11) is 0. The van der Waals surface area contributed by atoms with Gasteiger partial charge in [-0.1, -0.05) is 44.2 Å². The first-order valence-corrected chi connectivity index (χ1v) is 9.53. The number of hydrogen-bond acceptors (Lipinski definition) is 6. The van der Waals surface area contributed by atoms with E-state index in [9.17, 15) is 29.1 Å². The summed E-state index contributed by atoms with van der Waals surface area (Å²) in [4.78, 5) is 58.9. The van der Waals surface area contributed by atoms with Crippen molar-refractivity contribution in [3.63, 3.8) is 0 Å². The van der Waals surface area contributed by atoms with Crippen molar-refractivity contribution in [2.75, 3.05) is 0 Å². The highest BCUT2D eigenvalue weighted by Crippen LogP contribution is 2.04. The van der Waals surface area contributed by atoms with Crippen LogP contribution < -0.4 is 16.0 Å². The molecule has 0 aliphatic rings. The van der Waals surface area contributed by atoms with Gasteiger partial charge >= 0.3 is 18.0 Å². The summed E-state index contributed by atoms with van der Waals surface area (Å²) in [5, 5.41) is 24.9. The van der Waals surface area contributed by atoms with Gasteiger partial charge in [0.15, 0.2) is 0 Å². The molecule has 0 heterocycles. The molecule has 0 aromatic heterocycles. The fourth-order valence-electron chi connectivity index (χ4n) is 2.46. The van der Waals surface area contributed by atoms with E-state index in [1.165, 1.54) is 6.92 Å². The van der Waals surface area contributed by atoms with Crippen LogP contribution >= 0.6 is 0 Å². The van der Waals surface area contributed by atoms with Gasteiger partial charge < -0.3 is 30.9 Å². The molecule has 0 unspecified atom stereocenters. The van der Waals surface area contributed by atoms with Crippen molar-refractivity contribution in [1.29, 1.82) is 0 Å². The predicted octanol–water partition coefficient (Wildman–Crippen LogP) is 0.486. The molecule has 0 aliphatic carbocycles. The lowest BCUT2D eigenvalue weighted by molar-refractivity contribution is -0.144. The number of rotatable bonds is 11. The number of carbonyl (C=O) groups excluding carboxylic acids is 3. The normalized spacial score (nSPS) is 13.4.